The summed E-state index contributed by atoms with van der Waals surface area (Å²) in [6.07, 6.45) is 4.53. The van der Waals surface area contributed by atoms with Crippen molar-refractivity contribution in [3.05, 3.63) is 65.5 Å². The van der Waals surface area contributed by atoms with E-state index in [1.165, 1.54) is 12.8 Å². The number of piperidine rings is 1. The number of nitrogens with zero attached hydrogens (tertiary/aromatic N) is 3. The van der Waals surface area contributed by atoms with Crippen molar-refractivity contribution >= 4 is 5.69 Å². The number of likely N-dealkylation sites (tertiary alicyclic amines) is 1. The standard InChI is InChI=1S/C24H27N3O2/c1-26-22-5-9-24(10-6-22)28-17-2-14-27-15-11-20(12-16-27)13-18-29-23-7-3-21(19-25)4-8-23/h3-10,20H,2,11-18H2. The number of hydrogen-bond donors (Lipinski definition) is 0. The first-order valence-electron chi connectivity index (χ1n) is 10.2. The topological polar surface area (TPSA) is 49.8 Å². The summed E-state index contributed by atoms with van der Waals surface area (Å²) < 4.78 is 11.6. The highest BCUT2D eigenvalue weighted by molar-refractivity contribution is 5.46. The molecule has 0 atom stereocenters. The van der Waals surface area contributed by atoms with Crippen LogP contribution in [-0.4, -0.2) is 37.7 Å². The molecule has 2 aromatic rings. The fourth-order valence-electron chi connectivity index (χ4n) is 3.56. The van der Waals surface area contributed by atoms with Gasteiger partial charge in [-0.15, -0.1) is 0 Å². The lowest BCUT2D eigenvalue weighted by atomic mass is 9.94. The Morgan fingerprint density at radius 1 is 0.966 bits per heavy atom. The second kappa shape index (κ2) is 11.1. The number of ether oxygens (including phenoxy) is 2. The summed E-state index contributed by atoms with van der Waals surface area (Å²) in [6, 6.07) is 16.7. The molecule has 1 fully saturated rings. The molecule has 1 heterocycles. The molecule has 0 radical (unpaired) electrons. The lowest BCUT2D eigenvalue weighted by Crippen LogP contribution is -2.35. The molecule has 0 aromatic heterocycles. The van der Waals surface area contributed by atoms with Crippen molar-refractivity contribution in [2.75, 3.05) is 32.8 Å². The minimum Gasteiger partial charge on any atom is -0.494 e. The SMILES string of the molecule is [C-]#[N+]c1ccc(OCCCN2CCC(CCOc3ccc(C#N)cc3)CC2)cc1. The van der Waals surface area contributed by atoms with Crippen molar-refractivity contribution in [2.24, 2.45) is 5.92 Å². The first-order valence-corrected chi connectivity index (χ1v) is 10.2. The van der Waals surface area contributed by atoms with E-state index in [4.69, 9.17) is 21.3 Å². The van der Waals surface area contributed by atoms with Gasteiger partial charge in [0.1, 0.15) is 11.5 Å². The molecule has 1 aliphatic heterocycles. The van der Waals surface area contributed by atoms with Gasteiger partial charge in [-0.25, -0.2) is 4.85 Å². The predicted molar refractivity (Wildman–Crippen MR) is 113 cm³/mol. The summed E-state index contributed by atoms with van der Waals surface area (Å²) in [5.74, 6) is 2.39. The molecule has 0 N–H and O–H groups in total. The molecular formula is C24H27N3O2. The molecule has 1 aliphatic rings. The third-order valence-electron chi connectivity index (χ3n) is 5.34. The average Bonchev–Trinajstić information content (AvgIpc) is 2.78. The molecule has 0 bridgehead atoms. The van der Waals surface area contributed by atoms with Crippen molar-refractivity contribution < 1.29 is 9.47 Å². The van der Waals surface area contributed by atoms with Crippen LogP contribution < -0.4 is 9.47 Å². The number of benzene rings is 2. The minimum atomic E-state index is 0.641. The van der Waals surface area contributed by atoms with Crippen LogP contribution in [0, 0.1) is 23.8 Å². The van der Waals surface area contributed by atoms with Gasteiger partial charge in [0.05, 0.1) is 31.4 Å². The summed E-state index contributed by atoms with van der Waals surface area (Å²) >= 11 is 0. The van der Waals surface area contributed by atoms with Crippen molar-refractivity contribution in [2.45, 2.75) is 25.7 Å². The van der Waals surface area contributed by atoms with E-state index in [0.717, 1.165) is 56.5 Å². The summed E-state index contributed by atoms with van der Waals surface area (Å²) in [4.78, 5) is 5.90. The van der Waals surface area contributed by atoms with Gasteiger partial charge in [-0.3, -0.25) is 0 Å². The summed E-state index contributed by atoms with van der Waals surface area (Å²) in [7, 11) is 0. The van der Waals surface area contributed by atoms with E-state index in [9.17, 15) is 0 Å². The minimum absolute atomic E-state index is 0.641. The van der Waals surface area contributed by atoms with Crippen molar-refractivity contribution in [1.29, 1.82) is 5.26 Å². The summed E-state index contributed by atoms with van der Waals surface area (Å²) in [5, 5.41) is 8.82. The van der Waals surface area contributed by atoms with Crippen LogP contribution in [0.15, 0.2) is 48.5 Å². The normalized spacial score (nSPS) is 14.7. The average molecular weight is 389 g/mol. The highest BCUT2D eigenvalue weighted by Crippen LogP contribution is 2.22. The van der Waals surface area contributed by atoms with Crippen molar-refractivity contribution in [1.82, 2.24) is 4.90 Å². The Bertz CT molecular complexity index is 826. The van der Waals surface area contributed by atoms with Crippen LogP contribution in [0.3, 0.4) is 0 Å². The molecule has 29 heavy (non-hydrogen) atoms. The van der Waals surface area contributed by atoms with Gasteiger partial charge in [-0.05, 0) is 81.1 Å². The summed E-state index contributed by atoms with van der Waals surface area (Å²) in [6.45, 7) is 11.7. The van der Waals surface area contributed by atoms with Crippen LogP contribution in [0.1, 0.15) is 31.2 Å². The van der Waals surface area contributed by atoms with Gasteiger partial charge in [0.25, 0.3) is 0 Å². The van der Waals surface area contributed by atoms with E-state index in [0.29, 0.717) is 17.9 Å². The Morgan fingerprint density at radius 2 is 1.59 bits per heavy atom. The molecule has 5 nitrogen and oxygen atoms in total. The van der Waals surface area contributed by atoms with Crippen molar-refractivity contribution in [3.63, 3.8) is 0 Å². The molecule has 1 saturated heterocycles. The number of rotatable bonds is 9. The Balaban J connectivity index is 1.25. The van der Waals surface area contributed by atoms with E-state index in [1.807, 2.05) is 24.3 Å². The number of nitriles is 1. The highest BCUT2D eigenvalue weighted by Gasteiger charge is 2.18. The lowest BCUT2D eigenvalue weighted by Gasteiger charge is -2.31. The largest absolute Gasteiger partial charge is 0.494 e. The molecule has 150 valence electrons. The summed E-state index contributed by atoms with van der Waals surface area (Å²) in [5.41, 5.74) is 1.30. The maximum absolute atomic E-state index is 8.82. The second-order valence-corrected chi connectivity index (χ2v) is 7.37. The molecule has 0 aliphatic carbocycles. The maximum Gasteiger partial charge on any atom is 0.187 e. The first kappa shape index (κ1) is 20.7. The maximum atomic E-state index is 8.82. The molecule has 0 saturated carbocycles. The molecule has 3 rings (SSSR count). The Hall–Kier alpha value is -3.02. The van der Waals surface area contributed by atoms with Crippen LogP contribution in [-0.2, 0) is 0 Å². The first-order chi connectivity index (χ1) is 14.3. The second-order valence-electron chi connectivity index (χ2n) is 7.37. The fraction of sp³-hybridized carbons (Fsp3) is 0.417. The van der Waals surface area contributed by atoms with E-state index in [-0.39, 0.29) is 0 Å². The number of hydrogen-bond acceptors (Lipinski definition) is 4. The van der Waals surface area contributed by atoms with Crippen LogP contribution >= 0.6 is 0 Å². The van der Waals surface area contributed by atoms with Crippen LogP contribution in [0.2, 0.25) is 0 Å². The fourth-order valence-corrected chi connectivity index (χ4v) is 3.56. The van der Waals surface area contributed by atoms with Crippen LogP contribution in [0.4, 0.5) is 5.69 Å². The smallest absolute Gasteiger partial charge is 0.187 e. The highest BCUT2D eigenvalue weighted by atomic mass is 16.5. The lowest BCUT2D eigenvalue weighted by molar-refractivity contribution is 0.154. The Labute approximate surface area is 173 Å². The molecule has 2 aromatic carbocycles. The zero-order valence-electron chi connectivity index (χ0n) is 16.7. The molecule has 5 heteroatoms. The van der Waals surface area contributed by atoms with E-state index < -0.39 is 0 Å². The quantitative estimate of drug-likeness (QED) is 0.444. The Morgan fingerprint density at radius 3 is 2.21 bits per heavy atom. The van der Waals surface area contributed by atoms with Crippen LogP contribution in [0.5, 0.6) is 11.5 Å². The predicted octanol–water partition coefficient (Wildman–Crippen LogP) is 5.06. The monoisotopic (exact) mass is 389 g/mol. The third kappa shape index (κ3) is 6.82. The molecule has 0 spiro atoms. The third-order valence-corrected chi connectivity index (χ3v) is 5.34. The molecular weight excluding hydrogens is 362 g/mol. The van der Waals surface area contributed by atoms with Gasteiger partial charge in [-0.2, -0.15) is 5.26 Å². The van der Waals surface area contributed by atoms with Gasteiger partial charge in [-0.1, -0.05) is 12.1 Å². The van der Waals surface area contributed by atoms with Crippen molar-refractivity contribution in [3.8, 4) is 17.6 Å². The molecule has 0 unspecified atom stereocenters. The van der Waals surface area contributed by atoms with Gasteiger partial charge < -0.3 is 14.4 Å². The van der Waals surface area contributed by atoms with Gasteiger partial charge >= 0.3 is 0 Å². The van der Waals surface area contributed by atoms with E-state index in [1.54, 1.807) is 24.3 Å². The van der Waals surface area contributed by atoms with E-state index in [2.05, 4.69) is 15.8 Å². The van der Waals surface area contributed by atoms with E-state index >= 15 is 0 Å². The van der Waals surface area contributed by atoms with Gasteiger partial charge in [0, 0.05) is 6.54 Å². The Kier molecular flexibility index (Phi) is 7.92. The molecule has 0 amide bonds. The zero-order valence-corrected chi connectivity index (χ0v) is 16.7. The van der Waals surface area contributed by atoms with Gasteiger partial charge in [0.2, 0.25) is 0 Å². The van der Waals surface area contributed by atoms with Crippen LogP contribution in [0.25, 0.3) is 4.85 Å². The zero-order chi connectivity index (χ0) is 20.3. The van der Waals surface area contributed by atoms with Gasteiger partial charge in [0.15, 0.2) is 5.69 Å².